The zero-order valence-corrected chi connectivity index (χ0v) is 17.0. The number of carbonyl (C=O) groups is 2. The van der Waals surface area contributed by atoms with E-state index in [1.807, 2.05) is 0 Å². The van der Waals surface area contributed by atoms with Crippen LogP contribution in [0.2, 0.25) is 0 Å². The van der Waals surface area contributed by atoms with E-state index in [4.69, 9.17) is 14.3 Å². The normalized spacial score (nSPS) is 11.8. The van der Waals surface area contributed by atoms with E-state index in [0.717, 1.165) is 12.3 Å². The Kier molecular flexibility index (Phi) is 8.69. The van der Waals surface area contributed by atoms with Gasteiger partial charge in [-0.3, -0.25) is 0 Å². The number of esters is 1. The Labute approximate surface area is 180 Å². The lowest BCUT2D eigenvalue weighted by Gasteiger charge is -2.08. The quantitative estimate of drug-likeness (QED) is 0.142. The summed E-state index contributed by atoms with van der Waals surface area (Å²) in [4.78, 5) is 36.2. The molecule has 0 amide bonds. The van der Waals surface area contributed by atoms with Crippen LogP contribution in [-0.4, -0.2) is 55.1 Å². The number of benzene rings is 1. The predicted octanol–water partition coefficient (Wildman–Crippen LogP) is 2.70. The SMILES string of the molecule is CO/C=C(/C(=O)OC)c1ccccc1/C=N/OC(=O)Cc1nccc(OCC(F)(F)F)n1. The van der Waals surface area contributed by atoms with Crippen molar-refractivity contribution in [2.75, 3.05) is 20.8 Å². The van der Waals surface area contributed by atoms with Crippen LogP contribution in [0.3, 0.4) is 0 Å². The number of ether oxygens (including phenoxy) is 3. The van der Waals surface area contributed by atoms with Gasteiger partial charge in [0.2, 0.25) is 5.88 Å². The number of carbonyl (C=O) groups excluding carboxylic acids is 2. The molecule has 32 heavy (non-hydrogen) atoms. The Morgan fingerprint density at radius 3 is 2.59 bits per heavy atom. The van der Waals surface area contributed by atoms with Crippen molar-refractivity contribution in [3.05, 3.63) is 59.7 Å². The number of oxime groups is 1. The summed E-state index contributed by atoms with van der Waals surface area (Å²) in [5.74, 6) is -1.96. The van der Waals surface area contributed by atoms with Gasteiger partial charge >= 0.3 is 18.1 Å². The number of rotatable bonds is 9. The summed E-state index contributed by atoms with van der Waals surface area (Å²) < 4.78 is 50.8. The molecule has 12 heteroatoms. The Morgan fingerprint density at radius 2 is 1.91 bits per heavy atom. The van der Waals surface area contributed by atoms with Gasteiger partial charge in [0.05, 0.1) is 26.7 Å². The molecule has 0 spiro atoms. The largest absolute Gasteiger partial charge is 0.503 e. The fraction of sp³-hybridized carbons (Fsp3) is 0.250. The first-order valence-corrected chi connectivity index (χ1v) is 8.89. The molecular formula is C20H18F3N3O6. The maximum absolute atomic E-state index is 12.2. The zero-order chi connectivity index (χ0) is 23.6. The van der Waals surface area contributed by atoms with E-state index in [9.17, 15) is 22.8 Å². The van der Waals surface area contributed by atoms with Crippen LogP contribution in [0.25, 0.3) is 5.57 Å². The first kappa shape index (κ1) is 24.3. The van der Waals surface area contributed by atoms with E-state index >= 15 is 0 Å². The molecule has 0 N–H and O–H groups in total. The number of methoxy groups -OCH3 is 2. The Bertz CT molecular complexity index is 1010. The van der Waals surface area contributed by atoms with Crippen molar-refractivity contribution in [1.29, 1.82) is 0 Å². The van der Waals surface area contributed by atoms with Crippen LogP contribution in [0.4, 0.5) is 13.2 Å². The number of aromatic nitrogens is 2. The third-order valence-electron chi connectivity index (χ3n) is 3.60. The molecule has 2 aromatic rings. The van der Waals surface area contributed by atoms with Crippen LogP contribution in [0.5, 0.6) is 5.88 Å². The van der Waals surface area contributed by atoms with Gasteiger partial charge < -0.3 is 19.0 Å². The van der Waals surface area contributed by atoms with E-state index in [2.05, 4.69) is 19.9 Å². The molecule has 1 heterocycles. The number of nitrogens with zero attached hydrogens (tertiary/aromatic N) is 3. The molecule has 0 unspecified atom stereocenters. The zero-order valence-electron chi connectivity index (χ0n) is 17.0. The lowest BCUT2D eigenvalue weighted by Crippen LogP contribution is -2.20. The Hall–Kier alpha value is -3.96. The second-order valence-corrected chi connectivity index (χ2v) is 5.94. The van der Waals surface area contributed by atoms with Crippen LogP contribution < -0.4 is 4.74 Å². The van der Waals surface area contributed by atoms with E-state index in [-0.39, 0.29) is 17.3 Å². The molecule has 0 aliphatic heterocycles. The summed E-state index contributed by atoms with van der Waals surface area (Å²) in [6.45, 7) is -1.53. The van der Waals surface area contributed by atoms with Crippen LogP contribution in [0.15, 0.2) is 47.9 Å². The van der Waals surface area contributed by atoms with Crippen molar-refractivity contribution in [2.24, 2.45) is 5.16 Å². The van der Waals surface area contributed by atoms with Gasteiger partial charge in [0, 0.05) is 23.4 Å². The van der Waals surface area contributed by atoms with E-state index in [1.54, 1.807) is 24.3 Å². The second kappa shape index (κ2) is 11.4. The van der Waals surface area contributed by atoms with Crippen molar-refractivity contribution in [3.63, 3.8) is 0 Å². The minimum atomic E-state index is -4.53. The molecule has 0 aliphatic carbocycles. The summed E-state index contributed by atoms with van der Waals surface area (Å²) in [5.41, 5.74) is 0.957. The molecule has 0 radical (unpaired) electrons. The van der Waals surface area contributed by atoms with Crippen LogP contribution in [0, 0.1) is 0 Å². The van der Waals surface area contributed by atoms with E-state index < -0.39 is 31.1 Å². The van der Waals surface area contributed by atoms with Crippen LogP contribution in [-0.2, 0) is 30.3 Å². The second-order valence-electron chi connectivity index (χ2n) is 5.94. The first-order valence-electron chi connectivity index (χ1n) is 8.89. The van der Waals surface area contributed by atoms with Crippen LogP contribution >= 0.6 is 0 Å². The lowest BCUT2D eigenvalue weighted by atomic mass is 10.0. The van der Waals surface area contributed by atoms with Crippen LogP contribution in [0.1, 0.15) is 17.0 Å². The predicted molar refractivity (Wildman–Crippen MR) is 104 cm³/mol. The van der Waals surface area contributed by atoms with Crippen molar-refractivity contribution in [2.45, 2.75) is 12.6 Å². The van der Waals surface area contributed by atoms with Gasteiger partial charge in [0.1, 0.15) is 17.8 Å². The number of halogens is 3. The molecule has 1 aromatic carbocycles. The molecule has 9 nitrogen and oxygen atoms in total. The van der Waals surface area contributed by atoms with E-state index in [1.165, 1.54) is 26.7 Å². The lowest BCUT2D eigenvalue weighted by molar-refractivity contribution is -0.154. The summed E-state index contributed by atoms with van der Waals surface area (Å²) in [7, 11) is 2.59. The maximum Gasteiger partial charge on any atom is 0.422 e. The fourth-order valence-electron chi connectivity index (χ4n) is 2.31. The Balaban J connectivity index is 2.05. The highest BCUT2D eigenvalue weighted by Crippen LogP contribution is 2.20. The average molecular weight is 453 g/mol. The average Bonchev–Trinajstić information content (AvgIpc) is 2.76. The molecule has 0 atom stereocenters. The highest BCUT2D eigenvalue weighted by molar-refractivity contribution is 6.18. The first-order chi connectivity index (χ1) is 15.2. The highest BCUT2D eigenvalue weighted by Gasteiger charge is 2.28. The number of alkyl halides is 3. The van der Waals surface area contributed by atoms with Gasteiger partial charge in [-0.05, 0) is 0 Å². The third kappa shape index (κ3) is 7.70. The maximum atomic E-state index is 12.2. The summed E-state index contributed by atoms with van der Waals surface area (Å²) >= 11 is 0. The topological polar surface area (TPSA) is 109 Å². The minimum absolute atomic E-state index is 0.110. The van der Waals surface area contributed by atoms with Gasteiger partial charge in [-0.2, -0.15) is 18.2 Å². The van der Waals surface area contributed by atoms with E-state index in [0.29, 0.717) is 11.1 Å². The molecule has 0 bridgehead atoms. The summed E-state index contributed by atoms with van der Waals surface area (Å²) in [5, 5.41) is 3.59. The molecule has 0 fully saturated rings. The summed E-state index contributed by atoms with van der Waals surface area (Å²) in [6, 6.07) is 7.71. The smallest absolute Gasteiger partial charge is 0.422 e. The van der Waals surface area contributed by atoms with Crippen molar-refractivity contribution >= 4 is 23.7 Å². The van der Waals surface area contributed by atoms with Crippen molar-refractivity contribution in [3.8, 4) is 5.88 Å². The Morgan fingerprint density at radius 1 is 1.16 bits per heavy atom. The summed E-state index contributed by atoms with van der Waals surface area (Å²) in [6.07, 6.45) is -1.43. The molecule has 0 saturated heterocycles. The molecule has 2 rings (SSSR count). The number of hydrogen-bond donors (Lipinski definition) is 0. The van der Waals surface area contributed by atoms with Crippen molar-refractivity contribution in [1.82, 2.24) is 9.97 Å². The van der Waals surface area contributed by atoms with Gasteiger partial charge in [0.15, 0.2) is 6.61 Å². The minimum Gasteiger partial charge on any atom is -0.503 e. The van der Waals surface area contributed by atoms with Gasteiger partial charge in [-0.25, -0.2) is 14.6 Å². The molecular weight excluding hydrogens is 435 g/mol. The van der Waals surface area contributed by atoms with Crippen molar-refractivity contribution < 1.29 is 41.8 Å². The molecule has 0 aliphatic rings. The standard InChI is InChI=1S/C20H18F3N3O6/c1-29-11-15(19(28)30-2)14-6-4-3-5-13(14)10-25-32-18(27)9-16-24-8-7-17(26-16)31-12-20(21,22)23/h3-8,10-11H,9,12H2,1-2H3/b15-11+,25-10+. The number of hydrogen-bond acceptors (Lipinski definition) is 9. The molecule has 0 saturated carbocycles. The highest BCUT2D eigenvalue weighted by atomic mass is 19.4. The molecule has 1 aromatic heterocycles. The van der Waals surface area contributed by atoms with Gasteiger partial charge in [0.25, 0.3) is 0 Å². The van der Waals surface area contributed by atoms with Gasteiger partial charge in [-0.1, -0.05) is 29.4 Å². The monoisotopic (exact) mass is 453 g/mol. The fourth-order valence-corrected chi connectivity index (χ4v) is 2.31. The third-order valence-corrected chi connectivity index (χ3v) is 3.60. The van der Waals surface area contributed by atoms with Gasteiger partial charge in [-0.15, -0.1) is 0 Å². The molecule has 170 valence electrons.